The number of aromatic nitrogens is 3. The summed E-state index contributed by atoms with van der Waals surface area (Å²) in [6.07, 6.45) is 0. The van der Waals surface area contributed by atoms with E-state index in [2.05, 4.69) is 15.5 Å². The quantitative estimate of drug-likeness (QED) is 0.233. The van der Waals surface area contributed by atoms with Crippen molar-refractivity contribution in [3.8, 4) is 5.75 Å². The number of amides is 1. The maximum absolute atomic E-state index is 12.3. The van der Waals surface area contributed by atoms with Crippen molar-refractivity contribution in [3.63, 3.8) is 0 Å². The zero-order valence-electron chi connectivity index (χ0n) is 18.0. The van der Waals surface area contributed by atoms with Gasteiger partial charge in [-0.2, -0.15) is 0 Å². The van der Waals surface area contributed by atoms with Crippen LogP contribution in [-0.2, 0) is 18.4 Å². The first-order valence-corrected chi connectivity index (χ1v) is 11.1. The molecule has 1 N–H and O–H groups in total. The molecule has 0 bridgehead atoms. The minimum Gasteiger partial charge on any atom is -0.486 e. The van der Waals surface area contributed by atoms with Crippen LogP contribution in [0.1, 0.15) is 11.4 Å². The Bertz CT molecular complexity index is 1340. The van der Waals surface area contributed by atoms with Crippen molar-refractivity contribution in [1.29, 1.82) is 0 Å². The summed E-state index contributed by atoms with van der Waals surface area (Å²) in [7, 11) is 1.81. The third-order valence-corrected chi connectivity index (χ3v) is 6.06. The van der Waals surface area contributed by atoms with Crippen molar-refractivity contribution >= 4 is 39.8 Å². The highest BCUT2D eigenvalue weighted by Gasteiger charge is 2.15. The summed E-state index contributed by atoms with van der Waals surface area (Å²) in [5.41, 5.74) is 0.870. The predicted octanol–water partition coefficient (Wildman–Crippen LogP) is 4.49. The maximum Gasteiger partial charge on any atom is 0.274 e. The van der Waals surface area contributed by atoms with Crippen LogP contribution in [0.5, 0.6) is 5.75 Å². The van der Waals surface area contributed by atoms with Crippen molar-refractivity contribution in [1.82, 2.24) is 14.8 Å². The molecule has 1 heterocycles. The van der Waals surface area contributed by atoms with E-state index in [1.807, 2.05) is 49.5 Å². The molecule has 0 aliphatic heterocycles. The Hall–Kier alpha value is -3.92. The van der Waals surface area contributed by atoms with Gasteiger partial charge in [0.2, 0.25) is 5.91 Å². The molecule has 4 aromatic rings. The lowest BCUT2D eigenvalue weighted by molar-refractivity contribution is -0.385. The van der Waals surface area contributed by atoms with Crippen LogP contribution in [0.25, 0.3) is 10.8 Å². The fourth-order valence-corrected chi connectivity index (χ4v) is 3.94. The summed E-state index contributed by atoms with van der Waals surface area (Å²) in [5, 5.41) is 24.8. The highest BCUT2D eigenvalue weighted by Crippen LogP contribution is 2.24. The number of benzene rings is 3. The van der Waals surface area contributed by atoms with Crippen LogP contribution in [0.3, 0.4) is 0 Å². The molecule has 0 fully saturated rings. The number of anilines is 1. The van der Waals surface area contributed by atoms with Gasteiger partial charge in [-0.05, 0) is 35.9 Å². The molecular weight excluding hydrogens is 442 g/mol. The summed E-state index contributed by atoms with van der Waals surface area (Å²) in [6.45, 7) is 1.89. The molecule has 0 saturated carbocycles. The van der Waals surface area contributed by atoms with Crippen molar-refractivity contribution < 1.29 is 14.5 Å². The number of hydrogen-bond donors (Lipinski definition) is 1. The van der Waals surface area contributed by atoms with Crippen LogP contribution in [0.15, 0.2) is 65.8 Å². The number of nitro groups is 1. The van der Waals surface area contributed by atoms with E-state index in [1.165, 1.54) is 17.8 Å². The van der Waals surface area contributed by atoms with E-state index < -0.39 is 4.92 Å². The number of thioether (sulfide) groups is 1. The van der Waals surface area contributed by atoms with Crippen LogP contribution < -0.4 is 10.1 Å². The van der Waals surface area contributed by atoms with Crippen molar-refractivity contribution in [2.45, 2.75) is 18.7 Å². The second kappa shape index (κ2) is 9.70. The zero-order valence-corrected chi connectivity index (χ0v) is 18.8. The number of carbonyl (C=O) groups is 1. The molecule has 0 unspecified atom stereocenters. The number of aryl methyl sites for hydroxylation is 1. The van der Waals surface area contributed by atoms with Gasteiger partial charge in [0.15, 0.2) is 11.0 Å². The van der Waals surface area contributed by atoms with Gasteiger partial charge in [0.1, 0.15) is 12.4 Å². The number of nitrogens with one attached hydrogen (secondary N) is 1. The average molecular weight is 464 g/mol. The number of carbonyl (C=O) groups excluding carboxylic acids is 1. The zero-order chi connectivity index (χ0) is 23.4. The number of hydrogen-bond acceptors (Lipinski definition) is 7. The number of rotatable bonds is 8. The third kappa shape index (κ3) is 5.29. The largest absolute Gasteiger partial charge is 0.486 e. The molecule has 168 valence electrons. The van der Waals surface area contributed by atoms with Gasteiger partial charge >= 0.3 is 0 Å². The van der Waals surface area contributed by atoms with Crippen LogP contribution in [0.2, 0.25) is 0 Å². The maximum atomic E-state index is 12.3. The molecule has 0 saturated heterocycles. The molecule has 0 spiro atoms. The summed E-state index contributed by atoms with van der Waals surface area (Å²) in [6, 6.07) is 18.5. The van der Waals surface area contributed by atoms with Crippen molar-refractivity contribution in [3.05, 3.63) is 82.2 Å². The van der Waals surface area contributed by atoms with E-state index >= 15 is 0 Å². The second-order valence-corrected chi connectivity index (χ2v) is 8.29. The topological polar surface area (TPSA) is 112 Å². The van der Waals surface area contributed by atoms with Gasteiger partial charge in [0, 0.05) is 24.4 Å². The van der Waals surface area contributed by atoms with Crippen LogP contribution in [0.4, 0.5) is 11.4 Å². The van der Waals surface area contributed by atoms with Crippen molar-refractivity contribution in [2.24, 2.45) is 7.05 Å². The van der Waals surface area contributed by atoms with Gasteiger partial charge in [-0.15, -0.1) is 10.2 Å². The van der Waals surface area contributed by atoms with Crippen LogP contribution in [0, 0.1) is 17.0 Å². The lowest BCUT2D eigenvalue weighted by atomic mass is 10.1. The van der Waals surface area contributed by atoms with Gasteiger partial charge in [0.05, 0.1) is 10.7 Å². The molecule has 0 aliphatic carbocycles. The fourth-order valence-electron chi connectivity index (χ4n) is 3.21. The van der Waals surface area contributed by atoms with E-state index in [1.54, 1.807) is 23.6 Å². The van der Waals surface area contributed by atoms with Gasteiger partial charge < -0.3 is 14.6 Å². The Morgan fingerprint density at radius 2 is 1.91 bits per heavy atom. The number of nitrogens with zero attached hydrogens (tertiary/aromatic N) is 4. The summed E-state index contributed by atoms with van der Waals surface area (Å²) < 4.78 is 7.65. The molecule has 33 heavy (non-hydrogen) atoms. The molecule has 9 nitrogen and oxygen atoms in total. The first-order chi connectivity index (χ1) is 15.9. The highest BCUT2D eigenvalue weighted by molar-refractivity contribution is 7.99. The van der Waals surface area contributed by atoms with Gasteiger partial charge in [-0.25, -0.2) is 0 Å². The average Bonchev–Trinajstić information content (AvgIpc) is 3.16. The summed E-state index contributed by atoms with van der Waals surface area (Å²) in [5.74, 6) is 1.15. The molecule has 1 amide bonds. The fraction of sp³-hybridized carbons (Fsp3) is 0.174. The Morgan fingerprint density at radius 3 is 2.70 bits per heavy atom. The van der Waals surface area contributed by atoms with Crippen LogP contribution in [-0.4, -0.2) is 31.3 Å². The van der Waals surface area contributed by atoms with Gasteiger partial charge in [0.25, 0.3) is 5.69 Å². The van der Waals surface area contributed by atoms with Gasteiger partial charge in [-0.3, -0.25) is 14.9 Å². The molecule has 4 rings (SSSR count). The van der Waals surface area contributed by atoms with Crippen LogP contribution >= 0.6 is 11.8 Å². The lowest BCUT2D eigenvalue weighted by Crippen LogP contribution is -2.15. The molecule has 0 atom stereocenters. The first kappa shape index (κ1) is 22.3. The highest BCUT2D eigenvalue weighted by atomic mass is 32.2. The summed E-state index contributed by atoms with van der Waals surface area (Å²) in [4.78, 5) is 22.9. The molecular formula is C23H21N5O4S. The third-order valence-electron chi connectivity index (χ3n) is 5.04. The normalized spacial score (nSPS) is 10.8. The van der Waals surface area contributed by atoms with E-state index in [9.17, 15) is 14.9 Å². The Kier molecular flexibility index (Phi) is 6.55. The second-order valence-electron chi connectivity index (χ2n) is 7.35. The smallest absolute Gasteiger partial charge is 0.274 e. The van der Waals surface area contributed by atoms with E-state index in [-0.39, 0.29) is 24.0 Å². The molecule has 3 aromatic carbocycles. The van der Waals surface area contributed by atoms with Gasteiger partial charge in [-0.1, -0.05) is 48.2 Å². The van der Waals surface area contributed by atoms with Crippen molar-refractivity contribution in [2.75, 3.05) is 11.1 Å². The van der Waals surface area contributed by atoms with E-state index in [0.717, 1.165) is 16.5 Å². The minimum atomic E-state index is -0.471. The standard InChI is InChI=1S/C23H21N5O4S/c1-15-7-9-18(12-20(15)28(30)31)24-22(29)14-33-23-26-25-21(27(23)2)13-32-19-10-8-16-5-3-4-6-17(16)11-19/h3-12H,13-14H2,1-2H3,(H,24,29). The number of ether oxygens (including phenoxy) is 1. The van der Waals surface area contributed by atoms with E-state index in [4.69, 9.17) is 4.74 Å². The van der Waals surface area contributed by atoms with E-state index in [0.29, 0.717) is 22.2 Å². The minimum absolute atomic E-state index is 0.0372. The molecule has 10 heteroatoms. The predicted molar refractivity (Wildman–Crippen MR) is 126 cm³/mol. The molecule has 0 radical (unpaired) electrons. The Morgan fingerprint density at radius 1 is 1.12 bits per heavy atom. The molecule has 0 aliphatic rings. The first-order valence-electron chi connectivity index (χ1n) is 10.1. The molecule has 1 aromatic heterocycles. The Balaban J connectivity index is 1.33. The number of nitro benzene ring substituents is 1. The SMILES string of the molecule is Cc1ccc(NC(=O)CSc2nnc(COc3ccc4ccccc4c3)n2C)cc1[N+](=O)[O-]. The summed E-state index contributed by atoms with van der Waals surface area (Å²) >= 11 is 1.22. The monoisotopic (exact) mass is 463 g/mol. The number of fused-ring (bicyclic) bond motifs is 1. The lowest BCUT2D eigenvalue weighted by Gasteiger charge is -2.08. The Labute approximate surface area is 193 Å².